The molecule has 5 aromatic rings. The minimum absolute atomic E-state index is 0.228. The van der Waals surface area contributed by atoms with Crippen LogP contribution in [0.4, 0.5) is 27.8 Å². The molecule has 2 heterocycles. The standard InChI is InChI=1S/C45H50N8O6/c1-7-32-28-33(41(54)46-22-23-57-26-27-58-25-24-56-6)30-34(29-32)49-42-47-20-18-40(51-42)59-39-17-16-38(36-10-8-9-11-37(36)39)50-43(55)52-45(44(3,4)5)19-21-48-53(45)35-14-12-31(2)13-15-35/h1,8-21,28-30,48H,22-27H2,2-6H3,(H,46,54)(H,47,49,51)(H2,50,52,55). The molecule has 5 N–H and O–H groups in total. The van der Waals surface area contributed by atoms with E-state index >= 15 is 0 Å². The van der Waals surface area contributed by atoms with Crippen LogP contribution in [0.5, 0.6) is 11.6 Å². The summed E-state index contributed by atoms with van der Waals surface area (Å²) in [7, 11) is 1.62. The maximum atomic E-state index is 13.9. The van der Waals surface area contributed by atoms with E-state index in [1.54, 1.807) is 49.7 Å². The normalized spacial score (nSPS) is 14.7. The van der Waals surface area contributed by atoms with Crippen LogP contribution in [0.25, 0.3) is 10.8 Å². The molecule has 4 aromatic carbocycles. The van der Waals surface area contributed by atoms with Gasteiger partial charge >= 0.3 is 6.03 Å². The largest absolute Gasteiger partial charge is 0.438 e. The number of rotatable bonds is 17. The van der Waals surface area contributed by atoms with E-state index < -0.39 is 11.1 Å². The van der Waals surface area contributed by atoms with Crippen LogP contribution in [0, 0.1) is 24.7 Å². The van der Waals surface area contributed by atoms with Gasteiger partial charge in [-0.25, -0.2) is 9.78 Å². The van der Waals surface area contributed by atoms with Crippen LogP contribution in [0.2, 0.25) is 0 Å². The molecule has 1 aliphatic rings. The van der Waals surface area contributed by atoms with Crippen molar-refractivity contribution in [1.29, 1.82) is 0 Å². The number of fused-ring (bicyclic) bond motifs is 1. The molecule has 1 atom stereocenters. The second-order valence-electron chi connectivity index (χ2n) is 14.7. The van der Waals surface area contributed by atoms with Crippen molar-refractivity contribution in [2.75, 3.05) is 62.3 Å². The molecule has 1 aliphatic heterocycles. The highest BCUT2D eigenvalue weighted by Gasteiger charge is 2.49. The smallest absolute Gasteiger partial charge is 0.321 e. The fraction of sp³-hybridized carbons (Fsp3) is 0.289. The monoisotopic (exact) mass is 798 g/mol. The fourth-order valence-corrected chi connectivity index (χ4v) is 6.47. The highest BCUT2D eigenvalue weighted by atomic mass is 16.5. The Kier molecular flexibility index (Phi) is 13.6. The zero-order valence-electron chi connectivity index (χ0n) is 33.9. The summed E-state index contributed by atoms with van der Waals surface area (Å²) in [6.45, 7) is 10.8. The first-order valence-corrected chi connectivity index (χ1v) is 19.2. The Morgan fingerprint density at radius 2 is 1.66 bits per heavy atom. The molecule has 306 valence electrons. The van der Waals surface area contributed by atoms with Crippen molar-refractivity contribution in [3.63, 3.8) is 0 Å². The highest BCUT2D eigenvalue weighted by molar-refractivity contribution is 6.04. The molecule has 0 spiro atoms. The Morgan fingerprint density at radius 1 is 0.915 bits per heavy atom. The van der Waals surface area contributed by atoms with E-state index in [0.29, 0.717) is 67.8 Å². The number of nitrogens with one attached hydrogen (secondary N) is 5. The Labute approximate surface area is 344 Å². The zero-order chi connectivity index (χ0) is 41.8. The van der Waals surface area contributed by atoms with Gasteiger partial charge in [0.25, 0.3) is 5.91 Å². The lowest BCUT2D eigenvalue weighted by Gasteiger charge is -2.47. The van der Waals surface area contributed by atoms with Crippen LogP contribution in [0.3, 0.4) is 0 Å². The third kappa shape index (κ3) is 10.5. The molecule has 59 heavy (non-hydrogen) atoms. The molecule has 1 aromatic heterocycles. The number of ether oxygens (including phenoxy) is 4. The van der Waals surface area contributed by atoms with E-state index in [1.165, 1.54) is 0 Å². The van der Waals surface area contributed by atoms with Gasteiger partial charge in [-0.3, -0.25) is 9.80 Å². The third-order valence-electron chi connectivity index (χ3n) is 9.55. The van der Waals surface area contributed by atoms with Gasteiger partial charge in [0.2, 0.25) is 11.8 Å². The molecule has 0 radical (unpaired) electrons. The number of hydrogen-bond acceptors (Lipinski definition) is 11. The predicted octanol–water partition coefficient (Wildman–Crippen LogP) is 7.27. The van der Waals surface area contributed by atoms with E-state index in [9.17, 15) is 9.59 Å². The molecule has 0 aliphatic carbocycles. The van der Waals surface area contributed by atoms with Crippen molar-refractivity contribution in [3.05, 3.63) is 120 Å². The second kappa shape index (κ2) is 19.2. The van der Waals surface area contributed by atoms with Crippen molar-refractivity contribution in [2.45, 2.75) is 33.4 Å². The summed E-state index contributed by atoms with van der Waals surface area (Å²) in [5.74, 6) is 3.30. The molecule has 0 fully saturated rings. The van der Waals surface area contributed by atoms with Crippen LogP contribution in [-0.4, -0.2) is 74.3 Å². The molecule has 14 heteroatoms. The quantitative estimate of drug-likeness (QED) is 0.0476. The lowest BCUT2D eigenvalue weighted by atomic mass is 9.79. The van der Waals surface area contributed by atoms with E-state index in [-0.39, 0.29) is 23.8 Å². The SMILES string of the molecule is C#Cc1cc(Nc2nccc(Oc3ccc(NC(=O)NC4(C(C)(C)C)C=CNN4c4ccc(C)cc4)c4ccccc34)n2)cc(C(=O)NCCOCCOCCOC)c1. The molecule has 0 saturated carbocycles. The molecule has 0 saturated heterocycles. The summed E-state index contributed by atoms with van der Waals surface area (Å²) in [5.41, 5.74) is 6.03. The van der Waals surface area contributed by atoms with E-state index in [4.69, 9.17) is 25.4 Å². The number of hydrazine groups is 1. The van der Waals surface area contributed by atoms with Gasteiger partial charge in [-0.1, -0.05) is 68.7 Å². The van der Waals surface area contributed by atoms with Crippen molar-refractivity contribution in [2.24, 2.45) is 5.41 Å². The lowest BCUT2D eigenvalue weighted by Crippen LogP contribution is -2.67. The van der Waals surface area contributed by atoms with Gasteiger partial charge in [0.1, 0.15) is 5.75 Å². The van der Waals surface area contributed by atoms with Gasteiger partial charge in [-0.05, 0) is 55.5 Å². The maximum Gasteiger partial charge on any atom is 0.321 e. The number of aryl methyl sites for hydroxylation is 1. The first-order chi connectivity index (χ1) is 28.5. The number of terminal acetylenes is 1. The fourth-order valence-electron chi connectivity index (χ4n) is 6.47. The van der Waals surface area contributed by atoms with E-state index in [0.717, 1.165) is 22.0 Å². The van der Waals surface area contributed by atoms with Crippen molar-refractivity contribution in [3.8, 4) is 24.0 Å². The van der Waals surface area contributed by atoms with Crippen LogP contribution >= 0.6 is 0 Å². The Bertz CT molecular complexity index is 2320. The van der Waals surface area contributed by atoms with Crippen molar-refractivity contribution in [1.82, 2.24) is 26.0 Å². The first kappa shape index (κ1) is 42.0. The topological polar surface area (TPSA) is 160 Å². The van der Waals surface area contributed by atoms with Gasteiger partial charge in [0.15, 0.2) is 5.66 Å². The van der Waals surface area contributed by atoms with E-state index in [2.05, 4.69) is 63.4 Å². The van der Waals surface area contributed by atoms with Gasteiger partial charge < -0.3 is 45.6 Å². The van der Waals surface area contributed by atoms with Gasteiger partial charge in [-0.15, -0.1) is 6.42 Å². The van der Waals surface area contributed by atoms with Crippen molar-refractivity contribution < 1.29 is 28.5 Å². The summed E-state index contributed by atoms with van der Waals surface area (Å²) in [5, 5.41) is 15.8. The number of amides is 3. The Balaban J connectivity index is 1.12. The molecular formula is C45H50N8O6. The molecule has 0 bridgehead atoms. The van der Waals surface area contributed by atoms with E-state index in [1.807, 2.05) is 72.7 Å². The lowest BCUT2D eigenvalue weighted by molar-refractivity contribution is 0.0255. The minimum Gasteiger partial charge on any atom is -0.438 e. The van der Waals surface area contributed by atoms with Crippen LogP contribution in [0.1, 0.15) is 42.3 Å². The number of methoxy groups -OCH3 is 1. The van der Waals surface area contributed by atoms with Gasteiger partial charge in [0, 0.05) is 65.1 Å². The average Bonchev–Trinajstić information content (AvgIpc) is 3.66. The summed E-state index contributed by atoms with van der Waals surface area (Å²) >= 11 is 0. The number of benzene rings is 4. The minimum atomic E-state index is -0.893. The number of urea groups is 1. The Hall–Kier alpha value is -6.66. The number of carbonyl (C=O) groups excluding carboxylic acids is 2. The first-order valence-electron chi connectivity index (χ1n) is 19.2. The summed E-state index contributed by atoms with van der Waals surface area (Å²) < 4.78 is 22.1. The molecule has 3 amide bonds. The number of carbonyl (C=O) groups is 2. The maximum absolute atomic E-state index is 13.9. The highest BCUT2D eigenvalue weighted by Crippen LogP contribution is 2.40. The average molecular weight is 799 g/mol. The van der Waals surface area contributed by atoms with Crippen LogP contribution in [0.15, 0.2) is 103 Å². The molecule has 1 unspecified atom stereocenters. The Morgan fingerprint density at radius 3 is 2.41 bits per heavy atom. The van der Waals surface area contributed by atoms with Crippen molar-refractivity contribution >= 4 is 45.7 Å². The molecular weight excluding hydrogens is 749 g/mol. The van der Waals surface area contributed by atoms with Crippen LogP contribution in [-0.2, 0) is 14.2 Å². The number of anilines is 4. The van der Waals surface area contributed by atoms with Gasteiger partial charge in [0.05, 0.1) is 44.4 Å². The number of hydrogen-bond donors (Lipinski definition) is 5. The van der Waals surface area contributed by atoms with Gasteiger partial charge in [-0.2, -0.15) is 4.98 Å². The predicted molar refractivity (Wildman–Crippen MR) is 230 cm³/mol. The van der Waals surface area contributed by atoms with Crippen LogP contribution < -0.4 is 36.4 Å². The number of aromatic nitrogens is 2. The summed E-state index contributed by atoms with van der Waals surface area (Å²) in [4.78, 5) is 35.8. The third-order valence-corrected chi connectivity index (χ3v) is 9.55. The summed E-state index contributed by atoms with van der Waals surface area (Å²) in [6, 6.07) is 25.6. The molecule has 6 rings (SSSR count). The molecule has 14 nitrogen and oxygen atoms in total. The summed E-state index contributed by atoms with van der Waals surface area (Å²) in [6.07, 6.45) is 11.1. The number of nitrogens with zero attached hydrogens (tertiary/aromatic N) is 3. The zero-order valence-corrected chi connectivity index (χ0v) is 33.9. The second-order valence-corrected chi connectivity index (χ2v) is 14.7.